The number of methoxy groups -OCH3 is 3. The van der Waals surface area contributed by atoms with Gasteiger partial charge in [0.25, 0.3) is 10.0 Å². The second-order valence-corrected chi connectivity index (χ2v) is 10.5. The maximum atomic E-state index is 12.8. The normalized spacial score (nSPS) is 11.9. The maximum absolute atomic E-state index is 12.8. The number of ether oxygens (including phenoxy) is 3. The van der Waals surface area contributed by atoms with Gasteiger partial charge in [-0.05, 0) is 58.5 Å². The third-order valence-corrected chi connectivity index (χ3v) is 6.75. The third kappa shape index (κ3) is 5.91. The monoisotopic (exact) mass is 481 g/mol. The predicted octanol–water partition coefficient (Wildman–Crippen LogP) is 5.98. The first-order chi connectivity index (χ1) is 16.1. The Morgan fingerprint density at radius 3 is 1.74 bits per heavy atom. The van der Waals surface area contributed by atoms with Crippen molar-refractivity contribution in [2.24, 2.45) is 0 Å². The fourth-order valence-electron chi connectivity index (χ4n) is 3.40. The van der Waals surface area contributed by atoms with E-state index in [-0.39, 0.29) is 10.3 Å². The van der Waals surface area contributed by atoms with Crippen LogP contribution in [0.4, 0.5) is 5.69 Å². The van der Waals surface area contributed by atoms with E-state index < -0.39 is 10.0 Å². The Bertz CT molecular complexity index is 1230. The summed E-state index contributed by atoms with van der Waals surface area (Å²) >= 11 is 0. The zero-order valence-corrected chi connectivity index (χ0v) is 21.2. The fraction of sp³-hybridized carbons (Fsp3) is 0.259. The number of hydrogen-bond donors (Lipinski definition) is 1. The van der Waals surface area contributed by atoms with Crippen LogP contribution in [0.1, 0.15) is 37.5 Å². The molecule has 0 radical (unpaired) electrons. The molecular weight excluding hydrogens is 450 g/mol. The van der Waals surface area contributed by atoms with Gasteiger partial charge >= 0.3 is 0 Å². The lowest BCUT2D eigenvalue weighted by Crippen LogP contribution is -2.14. The van der Waals surface area contributed by atoms with Gasteiger partial charge in [0.05, 0.1) is 26.2 Å². The van der Waals surface area contributed by atoms with Crippen LogP contribution in [0.3, 0.4) is 0 Å². The van der Waals surface area contributed by atoms with E-state index in [2.05, 4.69) is 25.5 Å². The van der Waals surface area contributed by atoms with Gasteiger partial charge in [0.2, 0.25) is 5.75 Å². The molecule has 0 aliphatic rings. The summed E-state index contributed by atoms with van der Waals surface area (Å²) in [5.74, 6) is 1.68. The third-order valence-electron chi connectivity index (χ3n) is 5.35. The molecule has 0 saturated carbocycles. The molecule has 0 saturated heterocycles. The van der Waals surface area contributed by atoms with Gasteiger partial charge in [-0.1, -0.05) is 57.2 Å². The van der Waals surface area contributed by atoms with Crippen molar-refractivity contribution in [3.05, 3.63) is 77.4 Å². The van der Waals surface area contributed by atoms with Crippen molar-refractivity contribution in [3.63, 3.8) is 0 Å². The lowest BCUT2D eigenvalue weighted by atomic mass is 9.87. The largest absolute Gasteiger partial charge is 0.493 e. The number of sulfonamides is 1. The van der Waals surface area contributed by atoms with Crippen LogP contribution in [0.2, 0.25) is 0 Å². The molecule has 34 heavy (non-hydrogen) atoms. The number of benzene rings is 3. The van der Waals surface area contributed by atoms with Crippen LogP contribution in [0.15, 0.2) is 65.6 Å². The molecule has 3 rings (SSSR count). The minimum Gasteiger partial charge on any atom is -0.493 e. The summed E-state index contributed by atoms with van der Waals surface area (Å²) in [5, 5.41) is 0. The summed E-state index contributed by atoms with van der Waals surface area (Å²) in [5.41, 5.74) is 3.31. The average molecular weight is 482 g/mol. The Hall–Kier alpha value is -3.45. The van der Waals surface area contributed by atoms with Crippen molar-refractivity contribution in [1.29, 1.82) is 0 Å². The molecule has 0 atom stereocenters. The predicted molar refractivity (Wildman–Crippen MR) is 137 cm³/mol. The molecule has 7 heteroatoms. The van der Waals surface area contributed by atoms with Crippen LogP contribution in [0.25, 0.3) is 12.2 Å². The first-order valence-corrected chi connectivity index (χ1v) is 12.3. The van der Waals surface area contributed by atoms with E-state index in [1.54, 1.807) is 45.6 Å². The van der Waals surface area contributed by atoms with Crippen LogP contribution < -0.4 is 18.9 Å². The molecule has 0 amide bonds. The molecule has 0 heterocycles. The van der Waals surface area contributed by atoms with Gasteiger partial charge in [-0.2, -0.15) is 0 Å². The second-order valence-electron chi connectivity index (χ2n) is 8.79. The number of nitrogens with one attached hydrogen (secondary N) is 1. The van der Waals surface area contributed by atoms with Gasteiger partial charge < -0.3 is 14.2 Å². The summed E-state index contributed by atoms with van der Waals surface area (Å²) < 4.78 is 44.3. The Balaban J connectivity index is 1.75. The molecule has 6 nitrogen and oxygen atoms in total. The highest BCUT2D eigenvalue weighted by molar-refractivity contribution is 7.92. The zero-order valence-electron chi connectivity index (χ0n) is 20.4. The Morgan fingerprint density at radius 1 is 0.735 bits per heavy atom. The van der Waals surface area contributed by atoms with Gasteiger partial charge in [-0.25, -0.2) is 8.42 Å². The van der Waals surface area contributed by atoms with Crippen LogP contribution in [-0.4, -0.2) is 29.7 Å². The topological polar surface area (TPSA) is 73.9 Å². The van der Waals surface area contributed by atoms with E-state index in [1.807, 2.05) is 48.6 Å². The molecule has 180 valence electrons. The maximum Gasteiger partial charge on any atom is 0.261 e. The van der Waals surface area contributed by atoms with E-state index in [1.165, 1.54) is 0 Å². The van der Waals surface area contributed by atoms with E-state index in [0.717, 1.165) is 16.7 Å². The van der Waals surface area contributed by atoms with Crippen molar-refractivity contribution in [2.75, 3.05) is 26.1 Å². The van der Waals surface area contributed by atoms with E-state index in [9.17, 15) is 8.42 Å². The minimum atomic E-state index is -3.67. The zero-order chi connectivity index (χ0) is 24.9. The molecule has 0 bridgehead atoms. The van der Waals surface area contributed by atoms with Gasteiger partial charge in [-0.3, -0.25) is 4.72 Å². The molecule has 0 aliphatic carbocycles. The SMILES string of the molecule is COc1cc(/C=C\c2ccc(NS(=O)(=O)c3ccc(C(C)(C)C)cc3)cc2)cc(OC)c1OC. The van der Waals surface area contributed by atoms with Crippen molar-refractivity contribution in [3.8, 4) is 17.2 Å². The van der Waals surface area contributed by atoms with Gasteiger partial charge in [0, 0.05) is 5.69 Å². The van der Waals surface area contributed by atoms with E-state index in [4.69, 9.17) is 14.2 Å². The highest BCUT2D eigenvalue weighted by Gasteiger charge is 2.18. The molecular formula is C27H31NO5S. The molecule has 0 spiro atoms. The van der Waals surface area contributed by atoms with Gasteiger partial charge in [-0.15, -0.1) is 0 Å². The average Bonchev–Trinajstić information content (AvgIpc) is 2.82. The van der Waals surface area contributed by atoms with Gasteiger partial charge in [0.1, 0.15) is 0 Å². The van der Waals surface area contributed by atoms with Crippen molar-refractivity contribution < 1.29 is 22.6 Å². The molecule has 1 N–H and O–H groups in total. The number of anilines is 1. The number of rotatable bonds is 8. The Labute approximate surface area is 202 Å². The van der Waals surface area contributed by atoms with Crippen LogP contribution >= 0.6 is 0 Å². The first-order valence-electron chi connectivity index (χ1n) is 10.8. The van der Waals surface area contributed by atoms with E-state index >= 15 is 0 Å². The standard InChI is InChI=1S/C27H31NO5S/c1-27(2,3)21-11-15-23(16-12-21)34(29,30)28-22-13-9-19(10-14-22)7-8-20-17-24(31-4)26(33-6)25(18-20)32-5/h7-18,28H,1-6H3/b8-7-. The Kier molecular flexibility index (Phi) is 7.57. The molecule has 0 unspecified atom stereocenters. The highest BCUT2D eigenvalue weighted by Crippen LogP contribution is 2.38. The van der Waals surface area contributed by atoms with Crippen LogP contribution in [0, 0.1) is 0 Å². The van der Waals surface area contributed by atoms with Crippen LogP contribution in [0.5, 0.6) is 17.2 Å². The summed E-state index contributed by atoms with van der Waals surface area (Å²) in [6.45, 7) is 6.27. The lowest BCUT2D eigenvalue weighted by molar-refractivity contribution is 0.324. The molecule has 0 fully saturated rings. The quantitative estimate of drug-likeness (QED) is 0.401. The van der Waals surface area contributed by atoms with Gasteiger partial charge in [0.15, 0.2) is 11.5 Å². The molecule has 3 aromatic carbocycles. The van der Waals surface area contributed by atoms with Crippen molar-refractivity contribution in [1.82, 2.24) is 0 Å². The summed E-state index contributed by atoms with van der Waals surface area (Å²) in [7, 11) is 1.03. The molecule has 0 aromatic heterocycles. The first kappa shape index (κ1) is 25.2. The summed E-state index contributed by atoms with van der Waals surface area (Å²) in [6, 6.07) is 17.8. The minimum absolute atomic E-state index is 0.0405. The Morgan fingerprint density at radius 2 is 1.26 bits per heavy atom. The fourth-order valence-corrected chi connectivity index (χ4v) is 4.46. The van der Waals surface area contributed by atoms with E-state index in [0.29, 0.717) is 22.9 Å². The lowest BCUT2D eigenvalue weighted by Gasteiger charge is -2.19. The van der Waals surface area contributed by atoms with Crippen molar-refractivity contribution >= 4 is 27.9 Å². The number of hydrogen-bond acceptors (Lipinski definition) is 5. The summed E-state index contributed by atoms with van der Waals surface area (Å²) in [4.78, 5) is 0.229. The summed E-state index contributed by atoms with van der Waals surface area (Å²) in [6.07, 6.45) is 3.84. The smallest absolute Gasteiger partial charge is 0.261 e. The van der Waals surface area contributed by atoms with Crippen LogP contribution in [-0.2, 0) is 15.4 Å². The second kappa shape index (κ2) is 10.2. The van der Waals surface area contributed by atoms with Crippen molar-refractivity contribution in [2.45, 2.75) is 31.1 Å². The molecule has 3 aromatic rings. The molecule has 0 aliphatic heterocycles. The highest BCUT2D eigenvalue weighted by atomic mass is 32.2.